The lowest BCUT2D eigenvalue weighted by Crippen LogP contribution is -2.16. The number of primary amides is 1. The third kappa shape index (κ3) is 3.83. The van der Waals surface area contributed by atoms with Crippen LogP contribution in [0.1, 0.15) is 16.1 Å². The molecule has 0 atom stereocenters. The highest BCUT2D eigenvalue weighted by Gasteiger charge is 2.10. The molecule has 0 saturated carbocycles. The first-order valence-electron chi connectivity index (χ1n) is 7.45. The lowest BCUT2D eigenvalue weighted by molar-refractivity contribution is 0.100. The third-order valence-corrected chi connectivity index (χ3v) is 4.65. The Balaban J connectivity index is 1.74. The fraction of sp³-hybridized carbons (Fsp3) is 0.111. The van der Waals surface area contributed by atoms with Crippen LogP contribution in [0.3, 0.4) is 0 Å². The Bertz CT molecular complexity index is 909. The SMILES string of the molecule is CN(Cc1csc(-c2ccc(C(N)=O)cc2)n1)c1ccc(F)c(F)c1. The van der Waals surface area contributed by atoms with E-state index in [4.69, 9.17) is 5.73 Å². The molecule has 3 rings (SSSR count). The van der Waals surface area contributed by atoms with Crippen LogP contribution in [0.25, 0.3) is 10.6 Å². The Morgan fingerprint density at radius 1 is 1.16 bits per heavy atom. The van der Waals surface area contributed by atoms with Gasteiger partial charge in [0.15, 0.2) is 11.6 Å². The number of hydrogen-bond acceptors (Lipinski definition) is 4. The van der Waals surface area contributed by atoms with E-state index in [9.17, 15) is 13.6 Å². The van der Waals surface area contributed by atoms with E-state index in [1.165, 1.54) is 17.4 Å². The molecule has 25 heavy (non-hydrogen) atoms. The number of amides is 1. The first kappa shape index (κ1) is 17.0. The molecule has 4 nitrogen and oxygen atoms in total. The predicted octanol–water partition coefficient (Wildman–Crippen LogP) is 3.82. The molecule has 0 fully saturated rings. The second-order valence-electron chi connectivity index (χ2n) is 5.54. The zero-order valence-corrected chi connectivity index (χ0v) is 14.2. The number of halogens is 2. The predicted molar refractivity (Wildman–Crippen MR) is 94.5 cm³/mol. The molecule has 0 radical (unpaired) electrons. The summed E-state index contributed by atoms with van der Waals surface area (Å²) in [6.07, 6.45) is 0. The third-order valence-electron chi connectivity index (χ3n) is 3.71. The number of carbonyl (C=O) groups is 1. The molecular formula is C18H15F2N3OS. The van der Waals surface area contributed by atoms with Gasteiger partial charge in [-0.1, -0.05) is 12.1 Å². The summed E-state index contributed by atoms with van der Waals surface area (Å²) in [7, 11) is 1.79. The fourth-order valence-corrected chi connectivity index (χ4v) is 3.16. The highest BCUT2D eigenvalue weighted by molar-refractivity contribution is 7.13. The highest BCUT2D eigenvalue weighted by Crippen LogP contribution is 2.25. The summed E-state index contributed by atoms with van der Waals surface area (Å²) in [6, 6.07) is 10.7. The Hall–Kier alpha value is -2.80. The normalized spacial score (nSPS) is 10.7. The van der Waals surface area contributed by atoms with Crippen LogP contribution >= 0.6 is 11.3 Å². The van der Waals surface area contributed by atoms with Gasteiger partial charge in [-0.25, -0.2) is 13.8 Å². The van der Waals surface area contributed by atoms with Crippen molar-refractivity contribution < 1.29 is 13.6 Å². The highest BCUT2D eigenvalue weighted by atomic mass is 32.1. The lowest BCUT2D eigenvalue weighted by Gasteiger charge is -2.18. The summed E-state index contributed by atoms with van der Waals surface area (Å²) in [5.74, 6) is -2.22. The van der Waals surface area contributed by atoms with Gasteiger partial charge in [0.2, 0.25) is 5.91 Å². The number of carbonyl (C=O) groups excluding carboxylic acids is 1. The van der Waals surface area contributed by atoms with E-state index in [1.54, 1.807) is 36.2 Å². The van der Waals surface area contributed by atoms with Crippen LogP contribution in [-0.2, 0) is 6.54 Å². The van der Waals surface area contributed by atoms with Gasteiger partial charge in [-0.3, -0.25) is 4.79 Å². The van der Waals surface area contributed by atoms with Crippen LogP contribution in [0.2, 0.25) is 0 Å². The minimum absolute atomic E-state index is 0.443. The van der Waals surface area contributed by atoms with Crippen molar-refractivity contribution in [3.63, 3.8) is 0 Å². The van der Waals surface area contributed by atoms with Gasteiger partial charge >= 0.3 is 0 Å². The first-order valence-corrected chi connectivity index (χ1v) is 8.33. The molecule has 0 unspecified atom stereocenters. The number of thiazole rings is 1. The maximum Gasteiger partial charge on any atom is 0.248 e. The molecule has 0 aliphatic heterocycles. The molecule has 0 aliphatic carbocycles. The van der Waals surface area contributed by atoms with E-state index in [0.717, 1.165) is 28.4 Å². The van der Waals surface area contributed by atoms with Crippen molar-refractivity contribution in [3.05, 3.63) is 70.7 Å². The van der Waals surface area contributed by atoms with Crippen LogP contribution < -0.4 is 10.6 Å². The van der Waals surface area contributed by atoms with Gasteiger partial charge in [0, 0.05) is 35.3 Å². The quantitative estimate of drug-likeness (QED) is 0.753. The molecule has 1 amide bonds. The number of anilines is 1. The number of nitrogens with zero attached hydrogens (tertiary/aromatic N) is 2. The number of hydrogen-bond donors (Lipinski definition) is 1. The van der Waals surface area contributed by atoms with E-state index in [0.29, 0.717) is 17.8 Å². The van der Waals surface area contributed by atoms with Crippen molar-refractivity contribution >= 4 is 22.9 Å². The minimum atomic E-state index is -0.877. The molecule has 0 spiro atoms. The second kappa shape index (κ2) is 6.98. The molecule has 7 heteroatoms. The molecule has 0 saturated heterocycles. The average molecular weight is 359 g/mol. The number of aromatic nitrogens is 1. The molecule has 128 valence electrons. The van der Waals surface area contributed by atoms with Crippen LogP contribution in [0.15, 0.2) is 47.8 Å². The van der Waals surface area contributed by atoms with Crippen molar-refractivity contribution in [2.45, 2.75) is 6.54 Å². The summed E-state index contributed by atoms with van der Waals surface area (Å²) in [5.41, 5.74) is 7.94. The molecule has 2 N–H and O–H groups in total. The van der Waals surface area contributed by atoms with Gasteiger partial charge in [0.05, 0.1) is 12.2 Å². The summed E-state index contributed by atoms with van der Waals surface area (Å²) in [5, 5.41) is 2.72. The minimum Gasteiger partial charge on any atom is -0.369 e. The summed E-state index contributed by atoms with van der Waals surface area (Å²) >= 11 is 1.47. The van der Waals surface area contributed by atoms with Gasteiger partial charge in [-0.05, 0) is 24.3 Å². The fourth-order valence-electron chi connectivity index (χ4n) is 2.35. The van der Waals surface area contributed by atoms with Crippen molar-refractivity contribution in [2.75, 3.05) is 11.9 Å². The molecule has 3 aromatic rings. The van der Waals surface area contributed by atoms with Gasteiger partial charge in [-0.15, -0.1) is 11.3 Å². The smallest absolute Gasteiger partial charge is 0.248 e. The zero-order valence-electron chi connectivity index (χ0n) is 13.4. The Kier molecular flexibility index (Phi) is 4.76. The second-order valence-corrected chi connectivity index (χ2v) is 6.40. The van der Waals surface area contributed by atoms with Gasteiger partial charge in [0.25, 0.3) is 0 Å². The van der Waals surface area contributed by atoms with Crippen molar-refractivity contribution in [1.82, 2.24) is 4.98 Å². The van der Waals surface area contributed by atoms with Crippen molar-refractivity contribution in [3.8, 4) is 10.6 Å². The van der Waals surface area contributed by atoms with Crippen LogP contribution in [0, 0.1) is 11.6 Å². The zero-order chi connectivity index (χ0) is 18.0. The molecule has 1 aromatic heterocycles. The Labute approximate surface area is 147 Å². The van der Waals surface area contributed by atoms with E-state index in [1.807, 2.05) is 5.38 Å². The lowest BCUT2D eigenvalue weighted by atomic mass is 10.1. The standard InChI is InChI=1S/C18H15F2N3OS/c1-23(14-6-7-15(19)16(20)8-14)9-13-10-25-18(22-13)12-4-2-11(3-5-12)17(21)24/h2-8,10H,9H2,1H3,(H2,21,24). The van der Waals surface area contributed by atoms with Gasteiger partial charge < -0.3 is 10.6 Å². The molecule has 0 aliphatic rings. The Morgan fingerprint density at radius 3 is 2.52 bits per heavy atom. The van der Waals surface area contributed by atoms with Crippen LogP contribution in [-0.4, -0.2) is 17.9 Å². The summed E-state index contributed by atoms with van der Waals surface area (Å²) in [6.45, 7) is 0.459. The summed E-state index contributed by atoms with van der Waals surface area (Å²) in [4.78, 5) is 17.4. The van der Waals surface area contributed by atoms with E-state index < -0.39 is 17.5 Å². The average Bonchev–Trinajstić information content (AvgIpc) is 3.05. The van der Waals surface area contributed by atoms with Crippen LogP contribution in [0.4, 0.5) is 14.5 Å². The number of benzene rings is 2. The van der Waals surface area contributed by atoms with Gasteiger partial charge in [0.1, 0.15) is 5.01 Å². The topological polar surface area (TPSA) is 59.2 Å². The van der Waals surface area contributed by atoms with E-state index in [2.05, 4.69) is 4.98 Å². The summed E-state index contributed by atoms with van der Waals surface area (Å²) < 4.78 is 26.4. The monoisotopic (exact) mass is 359 g/mol. The van der Waals surface area contributed by atoms with Gasteiger partial charge in [-0.2, -0.15) is 0 Å². The first-order chi connectivity index (χ1) is 11.9. The van der Waals surface area contributed by atoms with E-state index >= 15 is 0 Å². The molecule has 2 aromatic carbocycles. The Morgan fingerprint density at radius 2 is 1.88 bits per heavy atom. The molecule has 1 heterocycles. The molecular weight excluding hydrogens is 344 g/mol. The van der Waals surface area contributed by atoms with Crippen LogP contribution in [0.5, 0.6) is 0 Å². The number of rotatable bonds is 5. The maximum absolute atomic E-state index is 13.3. The maximum atomic E-state index is 13.3. The van der Waals surface area contributed by atoms with E-state index in [-0.39, 0.29) is 0 Å². The number of nitrogens with two attached hydrogens (primary N) is 1. The molecule has 0 bridgehead atoms. The van der Waals surface area contributed by atoms with Crippen molar-refractivity contribution in [2.24, 2.45) is 5.73 Å². The van der Waals surface area contributed by atoms with Crippen molar-refractivity contribution in [1.29, 1.82) is 0 Å². The largest absolute Gasteiger partial charge is 0.369 e.